The summed E-state index contributed by atoms with van der Waals surface area (Å²) in [7, 11) is 0. The van der Waals surface area contributed by atoms with Gasteiger partial charge in [0.15, 0.2) is 12.1 Å². The molecular weight excluding hydrogens is 407 g/mol. The minimum absolute atomic E-state index is 0.0961. The van der Waals surface area contributed by atoms with Crippen molar-refractivity contribution >= 4 is 29.2 Å². The van der Waals surface area contributed by atoms with E-state index in [4.69, 9.17) is 9.15 Å². The Labute approximate surface area is 175 Å². The van der Waals surface area contributed by atoms with Crippen LogP contribution < -0.4 is 10.6 Å². The van der Waals surface area contributed by atoms with Crippen molar-refractivity contribution in [1.29, 1.82) is 0 Å². The van der Waals surface area contributed by atoms with Crippen molar-refractivity contribution in [2.45, 2.75) is 20.0 Å². The van der Waals surface area contributed by atoms with Crippen LogP contribution in [0.2, 0.25) is 0 Å². The van der Waals surface area contributed by atoms with E-state index in [0.29, 0.717) is 22.8 Å². The smallest absolute Gasteiger partial charge is 0.411 e. The van der Waals surface area contributed by atoms with E-state index in [-0.39, 0.29) is 17.4 Å². The number of anilines is 2. The molecule has 158 valence electrons. The average molecular weight is 424 g/mol. The van der Waals surface area contributed by atoms with Crippen molar-refractivity contribution in [3.63, 3.8) is 0 Å². The Hall–Kier alpha value is -4.28. The zero-order chi connectivity index (χ0) is 22.0. The molecule has 0 fully saturated rings. The zero-order valence-electron chi connectivity index (χ0n) is 16.5. The Morgan fingerprint density at radius 1 is 1.16 bits per heavy atom. The highest BCUT2D eigenvalue weighted by Gasteiger charge is 2.15. The fourth-order valence-electron chi connectivity index (χ4n) is 2.76. The number of nitrogens with zero attached hydrogens (tertiary/aromatic N) is 4. The molecule has 31 heavy (non-hydrogen) atoms. The number of benzene rings is 1. The Bertz CT molecular complexity index is 1250. The van der Waals surface area contributed by atoms with Gasteiger partial charge in [-0.15, -0.1) is 0 Å². The topological polar surface area (TPSA) is 124 Å². The summed E-state index contributed by atoms with van der Waals surface area (Å²) in [6.45, 7) is 3.47. The number of hydrogen-bond acceptors (Lipinski definition) is 7. The van der Waals surface area contributed by atoms with Crippen LogP contribution >= 0.6 is 0 Å². The average Bonchev–Trinajstić information content (AvgIpc) is 3.38. The number of halogens is 1. The molecule has 1 aromatic carbocycles. The summed E-state index contributed by atoms with van der Waals surface area (Å²) in [5.41, 5.74) is 1.30. The maximum absolute atomic E-state index is 14.5. The van der Waals surface area contributed by atoms with Crippen LogP contribution in [-0.2, 0) is 4.74 Å². The molecule has 10 nitrogen and oxygen atoms in total. The van der Waals surface area contributed by atoms with Gasteiger partial charge in [0.05, 0.1) is 23.7 Å². The highest BCUT2D eigenvalue weighted by Crippen LogP contribution is 2.26. The first-order valence-corrected chi connectivity index (χ1v) is 9.21. The van der Waals surface area contributed by atoms with Gasteiger partial charge in [-0.3, -0.25) is 14.5 Å². The maximum Gasteiger partial charge on any atom is 0.411 e. The van der Waals surface area contributed by atoms with Crippen LogP contribution in [0.4, 0.5) is 20.6 Å². The van der Waals surface area contributed by atoms with E-state index < -0.39 is 17.8 Å². The number of hydrogen-bond donors (Lipinski definition) is 2. The van der Waals surface area contributed by atoms with E-state index in [1.807, 2.05) is 0 Å². The molecule has 0 atom stereocenters. The molecule has 0 bridgehead atoms. The molecule has 0 saturated heterocycles. The minimum atomic E-state index is -0.613. The molecule has 0 aliphatic carbocycles. The lowest BCUT2D eigenvalue weighted by molar-refractivity contribution is 0.102. The van der Waals surface area contributed by atoms with E-state index in [9.17, 15) is 14.0 Å². The van der Waals surface area contributed by atoms with Crippen LogP contribution in [0, 0.1) is 5.82 Å². The number of oxazole rings is 1. The Morgan fingerprint density at radius 2 is 2.00 bits per heavy atom. The van der Waals surface area contributed by atoms with Crippen LogP contribution in [-0.4, -0.2) is 37.5 Å². The number of carbonyl (C=O) groups is 2. The molecule has 2 N–H and O–H groups in total. The summed E-state index contributed by atoms with van der Waals surface area (Å²) in [5.74, 6) is -0.720. The lowest BCUT2D eigenvalue weighted by Crippen LogP contribution is -2.18. The number of amides is 2. The molecule has 4 rings (SSSR count). The third kappa shape index (κ3) is 4.50. The number of aromatic nitrogens is 4. The molecule has 0 spiro atoms. The molecule has 0 saturated carbocycles. The van der Waals surface area contributed by atoms with Crippen LogP contribution in [0.5, 0.6) is 0 Å². The summed E-state index contributed by atoms with van der Waals surface area (Å²) in [6.07, 6.45) is 6.02. The van der Waals surface area contributed by atoms with Crippen LogP contribution in [0.1, 0.15) is 24.3 Å². The highest BCUT2D eigenvalue weighted by atomic mass is 19.1. The molecule has 3 heterocycles. The van der Waals surface area contributed by atoms with Gasteiger partial charge in [0, 0.05) is 23.6 Å². The first kappa shape index (κ1) is 20.0. The first-order chi connectivity index (χ1) is 14.9. The summed E-state index contributed by atoms with van der Waals surface area (Å²) < 4.78 is 25.8. The van der Waals surface area contributed by atoms with Crippen molar-refractivity contribution < 1.29 is 23.1 Å². The molecule has 0 aliphatic rings. The predicted molar refractivity (Wildman–Crippen MR) is 108 cm³/mol. The standard InChI is InChI=1S/C20H17FN6O4/c1-11(2)31-20(29)25-13-6-22-19-26-16(8-27(19)7-13)14-5-12(3-4-15(14)21)24-18(28)17-9-30-10-23-17/h3-11H,1-2H3,(H,24,28)(H,25,29). The summed E-state index contributed by atoms with van der Waals surface area (Å²) in [5, 5.41) is 5.18. The van der Waals surface area contributed by atoms with E-state index in [2.05, 4.69) is 25.6 Å². The second kappa shape index (κ2) is 8.22. The molecular formula is C20H17FN6O4. The number of rotatable bonds is 5. The Morgan fingerprint density at radius 3 is 2.74 bits per heavy atom. The third-order valence-electron chi connectivity index (χ3n) is 4.06. The Balaban J connectivity index is 1.59. The van der Waals surface area contributed by atoms with E-state index in [1.165, 1.54) is 30.7 Å². The van der Waals surface area contributed by atoms with Crippen molar-refractivity contribution in [2.24, 2.45) is 0 Å². The fraction of sp³-hybridized carbons (Fsp3) is 0.150. The van der Waals surface area contributed by atoms with Gasteiger partial charge in [-0.1, -0.05) is 0 Å². The molecule has 3 aromatic heterocycles. The van der Waals surface area contributed by atoms with Gasteiger partial charge < -0.3 is 14.5 Å². The molecule has 0 aliphatic heterocycles. The molecule has 4 aromatic rings. The number of ether oxygens (including phenoxy) is 1. The van der Waals surface area contributed by atoms with Gasteiger partial charge in [-0.05, 0) is 32.0 Å². The van der Waals surface area contributed by atoms with E-state index in [0.717, 1.165) is 6.39 Å². The largest absolute Gasteiger partial charge is 0.451 e. The molecule has 0 unspecified atom stereocenters. The second-order valence-electron chi connectivity index (χ2n) is 6.78. The van der Waals surface area contributed by atoms with Gasteiger partial charge in [0.1, 0.15) is 12.1 Å². The fourth-order valence-corrected chi connectivity index (χ4v) is 2.76. The predicted octanol–water partition coefficient (Wildman–Crippen LogP) is 3.73. The number of carbonyl (C=O) groups excluding carboxylic acids is 2. The summed E-state index contributed by atoms with van der Waals surface area (Å²) in [4.78, 5) is 36.1. The monoisotopic (exact) mass is 424 g/mol. The normalized spacial score (nSPS) is 11.0. The van der Waals surface area contributed by atoms with E-state index >= 15 is 0 Å². The maximum atomic E-state index is 14.5. The van der Waals surface area contributed by atoms with Gasteiger partial charge in [-0.25, -0.2) is 24.1 Å². The highest BCUT2D eigenvalue weighted by molar-refractivity contribution is 6.02. The van der Waals surface area contributed by atoms with Gasteiger partial charge in [0.25, 0.3) is 5.91 Å². The minimum Gasteiger partial charge on any atom is -0.451 e. The summed E-state index contributed by atoms with van der Waals surface area (Å²) >= 11 is 0. The van der Waals surface area contributed by atoms with Crippen molar-refractivity contribution in [1.82, 2.24) is 19.4 Å². The van der Waals surface area contributed by atoms with Crippen LogP contribution in [0.3, 0.4) is 0 Å². The van der Waals surface area contributed by atoms with Crippen molar-refractivity contribution in [3.8, 4) is 11.3 Å². The first-order valence-electron chi connectivity index (χ1n) is 9.21. The lowest BCUT2D eigenvalue weighted by atomic mass is 10.1. The Kier molecular flexibility index (Phi) is 5.31. The van der Waals surface area contributed by atoms with Gasteiger partial charge >= 0.3 is 6.09 Å². The number of fused-ring (bicyclic) bond motifs is 1. The third-order valence-corrected chi connectivity index (χ3v) is 4.06. The SMILES string of the molecule is CC(C)OC(=O)Nc1cnc2nc(-c3cc(NC(=O)c4cocn4)ccc3F)cn2c1. The second-order valence-corrected chi connectivity index (χ2v) is 6.78. The van der Waals surface area contributed by atoms with Crippen LogP contribution in [0.15, 0.2) is 53.9 Å². The van der Waals surface area contributed by atoms with Crippen LogP contribution in [0.25, 0.3) is 17.0 Å². The van der Waals surface area contributed by atoms with E-state index in [1.54, 1.807) is 30.6 Å². The molecule has 2 amide bonds. The number of imidazole rings is 1. The van der Waals surface area contributed by atoms with Gasteiger partial charge in [-0.2, -0.15) is 0 Å². The quantitative estimate of drug-likeness (QED) is 0.500. The molecule has 0 radical (unpaired) electrons. The lowest BCUT2D eigenvalue weighted by Gasteiger charge is -2.09. The summed E-state index contributed by atoms with van der Waals surface area (Å²) in [6, 6.07) is 4.10. The number of nitrogens with one attached hydrogen (secondary N) is 2. The van der Waals surface area contributed by atoms with Crippen molar-refractivity contribution in [3.05, 3.63) is 61.0 Å². The van der Waals surface area contributed by atoms with Gasteiger partial charge in [0.2, 0.25) is 5.78 Å². The zero-order valence-corrected chi connectivity index (χ0v) is 16.5. The molecule has 11 heteroatoms. The van der Waals surface area contributed by atoms with Crippen molar-refractivity contribution in [2.75, 3.05) is 10.6 Å².